The molecule has 3 N–H and O–H groups in total. The van der Waals surface area contributed by atoms with E-state index in [1.807, 2.05) is 73.8 Å². The Bertz CT molecular complexity index is 1370. The van der Waals surface area contributed by atoms with E-state index in [1.54, 1.807) is 18.3 Å². The second kappa shape index (κ2) is 10.2. The highest BCUT2D eigenvalue weighted by Crippen LogP contribution is 2.39. The number of aryl methyl sites for hydroxylation is 1. The summed E-state index contributed by atoms with van der Waals surface area (Å²) < 4.78 is 2.08. The number of aromatic nitrogens is 2. The number of pyridine rings is 1. The van der Waals surface area contributed by atoms with Gasteiger partial charge in [-0.1, -0.05) is 18.2 Å². The van der Waals surface area contributed by atoms with Crippen molar-refractivity contribution < 1.29 is 9.90 Å². The summed E-state index contributed by atoms with van der Waals surface area (Å²) in [7, 11) is 0. The molecule has 2 aromatic heterocycles. The normalized spacial score (nSPS) is 17.1. The first-order valence-corrected chi connectivity index (χ1v) is 12.2. The highest BCUT2D eigenvalue weighted by Gasteiger charge is 2.41. The molecule has 1 saturated heterocycles. The van der Waals surface area contributed by atoms with E-state index in [0.29, 0.717) is 11.7 Å². The molecule has 0 saturated carbocycles. The average molecular weight is 498 g/mol. The zero-order valence-corrected chi connectivity index (χ0v) is 20.7. The topological polar surface area (TPSA) is 82.4 Å². The van der Waals surface area contributed by atoms with E-state index in [-0.39, 0.29) is 30.2 Å². The lowest BCUT2D eigenvalue weighted by molar-refractivity contribution is -0.116. The van der Waals surface area contributed by atoms with Crippen LogP contribution >= 0.6 is 12.2 Å². The number of carbonyl (C=O) groups is 1. The Morgan fingerprint density at radius 3 is 2.67 bits per heavy atom. The number of nitrogens with zero attached hydrogens (tertiary/aromatic N) is 3. The molecule has 36 heavy (non-hydrogen) atoms. The summed E-state index contributed by atoms with van der Waals surface area (Å²) in [6, 6.07) is 24.3. The molecule has 1 aliphatic rings. The minimum Gasteiger partial charge on any atom is -0.508 e. The number of thiocarbonyl (C=S) groups is 1. The third kappa shape index (κ3) is 4.94. The van der Waals surface area contributed by atoms with E-state index in [1.165, 1.54) is 0 Å². The van der Waals surface area contributed by atoms with Gasteiger partial charge in [-0.05, 0) is 85.4 Å². The van der Waals surface area contributed by atoms with Crippen LogP contribution in [0.2, 0.25) is 0 Å². The van der Waals surface area contributed by atoms with Gasteiger partial charge in [0.1, 0.15) is 5.75 Å². The molecule has 0 aliphatic carbocycles. The van der Waals surface area contributed by atoms with Gasteiger partial charge >= 0.3 is 0 Å². The number of amides is 1. The molecule has 0 unspecified atom stereocenters. The molecule has 0 spiro atoms. The number of anilines is 1. The van der Waals surface area contributed by atoms with Crippen molar-refractivity contribution in [1.29, 1.82) is 0 Å². The van der Waals surface area contributed by atoms with Gasteiger partial charge in [-0.2, -0.15) is 0 Å². The predicted octanol–water partition coefficient (Wildman–Crippen LogP) is 4.89. The molecule has 5 rings (SSSR count). The molecule has 3 heterocycles. The Morgan fingerprint density at radius 1 is 1.08 bits per heavy atom. The Morgan fingerprint density at radius 2 is 1.92 bits per heavy atom. The molecule has 7 nitrogen and oxygen atoms in total. The van der Waals surface area contributed by atoms with Crippen LogP contribution in [0.15, 0.2) is 91.3 Å². The van der Waals surface area contributed by atoms with E-state index in [0.717, 1.165) is 28.3 Å². The molecular formula is C28H27N5O2S. The van der Waals surface area contributed by atoms with Gasteiger partial charge < -0.3 is 25.2 Å². The summed E-state index contributed by atoms with van der Waals surface area (Å²) in [6.07, 6.45) is 4.04. The maximum Gasteiger partial charge on any atom is 0.226 e. The number of hydrogen-bond acceptors (Lipinski definition) is 4. The molecule has 8 heteroatoms. The summed E-state index contributed by atoms with van der Waals surface area (Å²) in [5.74, 6) is 0.140. The standard InChI is InChI=1S/C28H27N5O2S/c1-19-6-4-7-20(18-19)30-25(35)14-17-33-27(26(31-28(33)36)23-8-2-3-15-29-23)24-9-5-16-32(24)21-10-12-22(34)13-11-21/h2-13,15-16,18,26-27,34H,14,17H2,1H3,(H,30,35)(H,31,36)/t26-,27-/m0/s1. The molecule has 1 aliphatic heterocycles. The van der Waals surface area contributed by atoms with Crippen LogP contribution in [0.3, 0.4) is 0 Å². The van der Waals surface area contributed by atoms with Crippen molar-refractivity contribution in [3.05, 3.63) is 108 Å². The summed E-state index contributed by atoms with van der Waals surface area (Å²) in [5, 5.41) is 16.8. The number of carbonyl (C=O) groups excluding carboxylic acids is 1. The molecule has 0 bridgehead atoms. The molecule has 182 valence electrons. The fourth-order valence-corrected chi connectivity index (χ4v) is 4.95. The van der Waals surface area contributed by atoms with Crippen molar-refractivity contribution in [2.45, 2.75) is 25.4 Å². The maximum absolute atomic E-state index is 12.8. The third-order valence-electron chi connectivity index (χ3n) is 6.29. The van der Waals surface area contributed by atoms with Gasteiger partial charge in [-0.25, -0.2) is 0 Å². The van der Waals surface area contributed by atoms with Crippen LogP contribution in [0.25, 0.3) is 5.69 Å². The average Bonchev–Trinajstić information content (AvgIpc) is 3.48. The first kappa shape index (κ1) is 23.6. The lowest BCUT2D eigenvalue weighted by Crippen LogP contribution is -2.33. The van der Waals surface area contributed by atoms with Crippen LogP contribution in [-0.4, -0.2) is 37.1 Å². The highest BCUT2D eigenvalue weighted by molar-refractivity contribution is 7.80. The number of nitrogens with one attached hydrogen (secondary N) is 2. The lowest BCUT2D eigenvalue weighted by atomic mass is 10.0. The number of hydrogen-bond donors (Lipinski definition) is 3. The Kier molecular flexibility index (Phi) is 6.69. The SMILES string of the molecule is Cc1cccc(NC(=O)CCN2C(=S)N[C@@H](c3ccccn3)[C@@H]2c2cccn2-c2ccc(O)cc2)c1. The van der Waals surface area contributed by atoms with Gasteiger partial charge in [-0.15, -0.1) is 0 Å². The third-order valence-corrected chi connectivity index (χ3v) is 6.64. The van der Waals surface area contributed by atoms with E-state index in [4.69, 9.17) is 12.2 Å². The van der Waals surface area contributed by atoms with Gasteiger partial charge in [0.25, 0.3) is 0 Å². The van der Waals surface area contributed by atoms with Crippen LogP contribution in [0.5, 0.6) is 5.75 Å². The molecule has 2 aromatic carbocycles. The first-order valence-electron chi connectivity index (χ1n) is 11.8. The smallest absolute Gasteiger partial charge is 0.226 e. The highest BCUT2D eigenvalue weighted by atomic mass is 32.1. The summed E-state index contributed by atoms with van der Waals surface area (Å²) >= 11 is 5.76. The Hall–Kier alpha value is -4.17. The fraction of sp³-hybridized carbons (Fsp3) is 0.179. The van der Waals surface area contributed by atoms with Gasteiger partial charge in [0.2, 0.25) is 5.91 Å². The molecule has 1 amide bonds. The predicted molar refractivity (Wildman–Crippen MR) is 144 cm³/mol. The van der Waals surface area contributed by atoms with Gasteiger partial charge in [-0.3, -0.25) is 9.78 Å². The van der Waals surface area contributed by atoms with E-state index >= 15 is 0 Å². The monoisotopic (exact) mass is 497 g/mol. The minimum atomic E-state index is -0.192. The van der Waals surface area contributed by atoms with Crippen molar-refractivity contribution in [2.75, 3.05) is 11.9 Å². The minimum absolute atomic E-state index is 0.0719. The number of phenolic OH excluding ortho intramolecular Hbond substituents is 1. The summed E-state index contributed by atoms with van der Waals surface area (Å²) in [5.41, 5.74) is 4.66. The van der Waals surface area contributed by atoms with Crippen LogP contribution in [-0.2, 0) is 4.79 Å². The zero-order chi connectivity index (χ0) is 25.1. The summed E-state index contributed by atoms with van der Waals surface area (Å²) in [4.78, 5) is 19.5. The molecule has 4 aromatic rings. The van der Waals surface area contributed by atoms with Crippen molar-refractivity contribution in [1.82, 2.24) is 19.8 Å². The number of benzene rings is 2. The van der Waals surface area contributed by atoms with E-state index < -0.39 is 0 Å². The molecule has 1 fully saturated rings. The summed E-state index contributed by atoms with van der Waals surface area (Å²) in [6.45, 7) is 2.44. The maximum atomic E-state index is 12.8. The zero-order valence-electron chi connectivity index (χ0n) is 19.8. The van der Waals surface area contributed by atoms with Crippen molar-refractivity contribution in [3.8, 4) is 11.4 Å². The number of rotatable bonds is 7. The van der Waals surface area contributed by atoms with Crippen LogP contribution < -0.4 is 10.6 Å². The van der Waals surface area contributed by atoms with Gasteiger partial charge in [0, 0.05) is 42.4 Å². The van der Waals surface area contributed by atoms with Gasteiger partial charge in [0.05, 0.1) is 17.8 Å². The van der Waals surface area contributed by atoms with Crippen LogP contribution in [0, 0.1) is 6.92 Å². The first-order chi connectivity index (χ1) is 17.5. The van der Waals surface area contributed by atoms with Gasteiger partial charge in [0.15, 0.2) is 5.11 Å². The second-order valence-corrected chi connectivity index (χ2v) is 9.19. The lowest BCUT2D eigenvalue weighted by Gasteiger charge is -2.29. The fourth-order valence-electron chi connectivity index (χ4n) is 4.62. The van der Waals surface area contributed by atoms with Crippen LogP contribution in [0.1, 0.15) is 35.5 Å². The second-order valence-electron chi connectivity index (χ2n) is 8.81. The number of aromatic hydroxyl groups is 1. The van der Waals surface area contributed by atoms with Crippen molar-refractivity contribution >= 4 is 28.9 Å². The molecule has 0 radical (unpaired) electrons. The Labute approximate surface area is 215 Å². The largest absolute Gasteiger partial charge is 0.508 e. The van der Waals surface area contributed by atoms with Crippen molar-refractivity contribution in [3.63, 3.8) is 0 Å². The molecular weight excluding hydrogens is 470 g/mol. The Balaban J connectivity index is 1.44. The van der Waals surface area contributed by atoms with E-state index in [9.17, 15) is 9.90 Å². The quantitative estimate of drug-likeness (QED) is 0.316. The number of phenols is 1. The van der Waals surface area contributed by atoms with Crippen molar-refractivity contribution in [2.24, 2.45) is 0 Å². The molecule has 2 atom stereocenters. The van der Waals surface area contributed by atoms with E-state index in [2.05, 4.69) is 31.2 Å². The van der Waals surface area contributed by atoms with Crippen LogP contribution in [0.4, 0.5) is 5.69 Å².